The van der Waals surface area contributed by atoms with Crippen molar-refractivity contribution in [2.45, 2.75) is 6.04 Å². The second-order valence-corrected chi connectivity index (χ2v) is 4.74. The number of nitrogens with zero attached hydrogens (tertiary/aromatic N) is 4. The summed E-state index contributed by atoms with van der Waals surface area (Å²) in [5.74, 6) is -0.395. The summed E-state index contributed by atoms with van der Waals surface area (Å²) in [4.78, 5) is 27.2. The van der Waals surface area contributed by atoms with Gasteiger partial charge >= 0.3 is 0 Å². The first-order chi connectivity index (χ1) is 9.52. The van der Waals surface area contributed by atoms with E-state index in [0.29, 0.717) is 13.1 Å². The van der Waals surface area contributed by atoms with Gasteiger partial charge in [0.2, 0.25) is 11.8 Å². The summed E-state index contributed by atoms with van der Waals surface area (Å²) in [6.07, 6.45) is 3.40. The van der Waals surface area contributed by atoms with Crippen molar-refractivity contribution in [1.82, 2.24) is 14.7 Å². The van der Waals surface area contributed by atoms with Crippen LogP contribution in [-0.4, -0.2) is 65.9 Å². The highest BCUT2D eigenvalue weighted by atomic mass is 16.5. The summed E-state index contributed by atoms with van der Waals surface area (Å²) in [6.45, 7) is 1.08. The zero-order valence-corrected chi connectivity index (χ0v) is 11.7. The summed E-state index contributed by atoms with van der Waals surface area (Å²) in [5, 5.41) is 4.04. The van der Waals surface area contributed by atoms with E-state index in [0.717, 1.165) is 5.69 Å². The molecule has 8 nitrogen and oxygen atoms in total. The summed E-state index contributed by atoms with van der Waals surface area (Å²) < 4.78 is 6.49. The number of aryl methyl sites for hydroxylation is 1. The molecule has 20 heavy (non-hydrogen) atoms. The average molecular weight is 281 g/mol. The fourth-order valence-electron chi connectivity index (χ4n) is 2.17. The van der Waals surface area contributed by atoms with E-state index in [9.17, 15) is 9.59 Å². The van der Waals surface area contributed by atoms with E-state index in [1.54, 1.807) is 29.0 Å². The number of piperazine rings is 1. The van der Waals surface area contributed by atoms with Gasteiger partial charge in [-0.3, -0.25) is 14.3 Å². The number of methoxy groups -OCH3 is 1. The minimum absolute atomic E-state index is 0.0329. The molecule has 2 amide bonds. The second-order valence-electron chi connectivity index (χ2n) is 4.74. The number of aromatic nitrogens is 2. The third kappa shape index (κ3) is 2.97. The molecule has 1 unspecified atom stereocenters. The van der Waals surface area contributed by atoms with Gasteiger partial charge in [0.05, 0.1) is 18.5 Å². The van der Waals surface area contributed by atoms with E-state index in [-0.39, 0.29) is 25.0 Å². The molecular weight excluding hydrogens is 262 g/mol. The molecule has 110 valence electrons. The lowest BCUT2D eigenvalue weighted by Crippen LogP contribution is -2.56. The van der Waals surface area contributed by atoms with Gasteiger partial charge in [0.15, 0.2) is 0 Å². The Labute approximate surface area is 117 Å². The number of rotatable bonds is 4. The minimum atomic E-state index is -0.724. The van der Waals surface area contributed by atoms with Crippen molar-refractivity contribution in [3.8, 4) is 0 Å². The molecule has 1 aromatic heterocycles. The SMILES string of the molecule is COCC(N)C(=O)N1CCN(c2cnn(C)c2)C(=O)C1. The van der Waals surface area contributed by atoms with Crippen LogP contribution in [0.2, 0.25) is 0 Å². The Morgan fingerprint density at radius 1 is 1.55 bits per heavy atom. The van der Waals surface area contributed by atoms with Crippen LogP contribution in [0.1, 0.15) is 0 Å². The Morgan fingerprint density at radius 2 is 2.30 bits per heavy atom. The number of hydrogen-bond donors (Lipinski definition) is 1. The van der Waals surface area contributed by atoms with Gasteiger partial charge in [-0.05, 0) is 0 Å². The average Bonchev–Trinajstić information content (AvgIpc) is 2.84. The molecule has 0 aromatic carbocycles. The summed E-state index contributed by atoms with van der Waals surface area (Å²) in [5.41, 5.74) is 6.44. The van der Waals surface area contributed by atoms with Gasteiger partial charge in [-0.2, -0.15) is 5.10 Å². The number of carbonyl (C=O) groups excluding carboxylic acids is 2. The van der Waals surface area contributed by atoms with Crippen molar-refractivity contribution >= 4 is 17.5 Å². The maximum atomic E-state index is 12.1. The van der Waals surface area contributed by atoms with E-state index in [1.165, 1.54) is 12.0 Å². The second kappa shape index (κ2) is 6.02. The molecule has 1 saturated heterocycles. The van der Waals surface area contributed by atoms with Crippen molar-refractivity contribution in [2.75, 3.05) is 38.3 Å². The molecule has 0 aliphatic carbocycles. The van der Waals surface area contributed by atoms with Gasteiger partial charge < -0.3 is 20.3 Å². The lowest BCUT2D eigenvalue weighted by atomic mass is 10.2. The normalized spacial score (nSPS) is 17.4. The number of nitrogens with two attached hydrogens (primary N) is 1. The predicted octanol–water partition coefficient (Wildman–Crippen LogP) is -1.43. The van der Waals surface area contributed by atoms with E-state index in [4.69, 9.17) is 10.5 Å². The van der Waals surface area contributed by atoms with Gasteiger partial charge in [-0.15, -0.1) is 0 Å². The van der Waals surface area contributed by atoms with Crippen LogP contribution < -0.4 is 10.6 Å². The van der Waals surface area contributed by atoms with Gasteiger partial charge in [-0.25, -0.2) is 0 Å². The molecule has 1 aliphatic heterocycles. The number of hydrogen-bond acceptors (Lipinski definition) is 5. The summed E-state index contributed by atoms with van der Waals surface area (Å²) in [6, 6.07) is -0.724. The maximum absolute atomic E-state index is 12.1. The Balaban J connectivity index is 1.99. The highest BCUT2D eigenvalue weighted by Gasteiger charge is 2.30. The standard InChI is InChI=1S/C12H19N5O3/c1-15-6-9(5-14-15)17-4-3-16(7-11(17)18)12(19)10(13)8-20-2/h5-6,10H,3-4,7-8,13H2,1-2H3. The van der Waals surface area contributed by atoms with Crippen LogP contribution in [0.15, 0.2) is 12.4 Å². The van der Waals surface area contributed by atoms with Gasteiger partial charge in [-0.1, -0.05) is 0 Å². The molecule has 0 radical (unpaired) electrons. The van der Waals surface area contributed by atoms with Gasteiger partial charge in [0.1, 0.15) is 12.6 Å². The molecular formula is C12H19N5O3. The Bertz CT molecular complexity index is 501. The number of anilines is 1. The first-order valence-corrected chi connectivity index (χ1v) is 6.35. The lowest BCUT2D eigenvalue weighted by molar-refractivity contribution is -0.138. The largest absolute Gasteiger partial charge is 0.383 e. The van der Waals surface area contributed by atoms with Crippen LogP contribution in [0.5, 0.6) is 0 Å². The Morgan fingerprint density at radius 3 is 2.85 bits per heavy atom. The first kappa shape index (κ1) is 14.5. The van der Waals surface area contributed by atoms with Crippen molar-refractivity contribution in [1.29, 1.82) is 0 Å². The molecule has 2 N–H and O–H groups in total. The van der Waals surface area contributed by atoms with E-state index >= 15 is 0 Å². The summed E-state index contributed by atoms with van der Waals surface area (Å²) >= 11 is 0. The number of carbonyl (C=O) groups is 2. The van der Waals surface area contributed by atoms with E-state index < -0.39 is 6.04 Å². The van der Waals surface area contributed by atoms with Gasteiger partial charge in [0.25, 0.3) is 0 Å². The lowest BCUT2D eigenvalue weighted by Gasteiger charge is -2.34. The molecule has 2 heterocycles. The third-order valence-electron chi connectivity index (χ3n) is 3.20. The van der Waals surface area contributed by atoms with E-state index in [2.05, 4.69) is 5.10 Å². The molecule has 0 bridgehead atoms. The molecule has 1 aliphatic rings. The summed E-state index contributed by atoms with van der Waals surface area (Å²) in [7, 11) is 3.27. The zero-order valence-electron chi connectivity index (χ0n) is 11.7. The highest BCUT2D eigenvalue weighted by molar-refractivity contribution is 5.98. The van der Waals surface area contributed by atoms with Crippen LogP contribution in [0.25, 0.3) is 0 Å². The molecule has 2 rings (SSSR count). The van der Waals surface area contributed by atoms with Crippen LogP contribution in [0, 0.1) is 0 Å². The predicted molar refractivity (Wildman–Crippen MR) is 72.0 cm³/mol. The molecule has 1 fully saturated rings. The topological polar surface area (TPSA) is 93.7 Å². The zero-order chi connectivity index (χ0) is 14.7. The Hall–Kier alpha value is -1.93. The molecule has 0 spiro atoms. The Kier molecular flexibility index (Phi) is 4.35. The van der Waals surface area contributed by atoms with Crippen molar-refractivity contribution in [2.24, 2.45) is 12.8 Å². The number of amides is 2. The first-order valence-electron chi connectivity index (χ1n) is 6.35. The van der Waals surface area contributed by atoms with E-state index in [1.807, 2.05) is 0 Å². The molecule has 0 saturated carbocycles. The van der Waals surface area contributed by atoms with Crippen molar-refractivity contribution < 1.29 is 14.3 Å². The van der Waals surface area contributed by atoms with Crippen molar-refractivity contribution in [3.63, 3.8) is 0 Å². The van der Waals surface area contributed by atoms with Crippen molar-refractivity contribution in [3.05, 3.63) is 12.4 Å². The quantitative estimate of drug-likeness (QED) is 0.730. The van der Waals surface area contributed by atoms with Crippen LogP contribution >= 0.6 is 0 Å². The highest BCUT2D eigenvalue weighted by Crippen LogP contribution is 2.16. The van der Waals surface area contributed by atoms with Crippen LogP contribution in [-0.2, 0) is 21.4 Å². The fraction of sp³-hybridized carbons (Fsp3) is 0.583. The molecule has 1 atom stereocenters. The third-order valence-corrected chi connectivity index (χ3v) is 3.20. The minimum Gasteiger partial charge on any atom is -0.383 e. The molecule has 1 aromatic rings. The smallest absolute Gasteiger partial charge is 0.246 e. The van der Waals surface area contributed by atoms with Crippen LogP contribution in [0.4, 0.5) is 5.69 Å². The monoisotopic (exact) mass is 281 g/mol. The number of ether oxygens (including phenoxy) is 1. The fourth-order valence-corrected chi connectivity index (χ4v) is 2.17. The van der Waals surface area contributed by atoms with Gasteiger partial charge in [0, 0.05) is 33.4 Å². The molecule has 8 heteroatoms. The van der Waals surface area contributed by atoms with Crippen LogP contribution in [0.3, 0.4) is 0 Å². The maximum Gasteiger partial charge on any atom is 0.246 e.